The van der Waals surface area contributed by atoms with Crippen LogP contribution in [0.25, 0.3) is 27.3 Å². The average Bonchev–Trinajstić information content (AvgIpc) is 3.28. The van der Waals surface area contributed by atoms with E-state index in [9.17, 15) is 9.59 Å². The van der Waals surface area contributed by atoms with Crippen molar-refractivity contribution in [3.63, 3.8) is 0 Å². The van der Waals surface area contributed by atoms with Gasteiger partial charge in [-0.15, -0.1) is 0 Å². The van der Waals surface area contributed by atoms with E-state index >= 15 is 0 Å². The van der Waals surface area contributed by atoms with Crippen LogP contribution in [0.2, 0.25) is 0 Å². The fourth-order valence-electron chi connectivity index (χ4n) is 5.50. The van der Waals surface area contributed by atoms with Gasteiger partial charge in [-0.25, -0.2) is 0 Å². The molecular formula is C29H27N3O2. The quantitative estimate of drug-likeness (QED) is 0.397. The fraction of sp³-hybridized carbons (Fsp3) is 0.241. The third-order valence-electron chi connectivity index (χ3n) is 7.12. The Bertz CT molecular complexity index is 1560. The summed E-state index contributed by atoms with van der Waals surface area (Å²) in [5, 5.41) is 5.18. The van der Waals surface area contributed by atoms with Gasteiger partial charge in [-0.2, -0.15) is 0 Å². The molecule has 5 nitrogen and oxygen atoms in total. The highest BCUT2D eigenvalue weighted by Crippen LogP contribution is 2.28. The Morgan fingerprint density at radius 2 is 1.50 bits per heavy atom. The number of fused-ring (bicyclic) bond motifs is 5. The number of para-hydroxylation sites is 2. The third kappa shape index (κ3) is 3.39. The van der Waals surface area contributed by atoms with Gasteiger partial charge in [-0.3, -0.25) is 14.2 Å². The summed E-state index contributed by atoms with van der Waals surface area (Å²) in [5.41, 5.74) is 2.89. The van der Waals surface area contributed by atoms with Crippen molar-refractivity contribution in [2.75, 3.05) is 0 Å². The summed E-state index contributed by atoms with van der Waals surface area (Å²) in [6.45, 7) is 0. The SMILES string of the molecule is O=C(NC1CCCCC1)C(c1ccccc1)n1c(=O)c2c3ccccc3cn2c2ccccc21. The van der Waals surface area contributed by atoms with E-state index in [-0.39, 0.29) is 17.5 Å². The molecule has 1 amide bonds. The lowest BCUT2D eigenvalue weighted by Gasteiger charge is -2.27. The molecule has 2 aromatic heterocycles. The van der Waals surface area contributed by atoms with Gasteiger partial charge in [0.1, 0.15) is 11.6 Å². The Balaban J connectivity index is 1.63. The Hall–Kier alpha value is -3.86. The number of aromatic nitrogens is 2. The number of nitrogens with zero attached hydrogens (tertiary/aromatic N) is 2. The molecule has 170 valence electrons. The summed E-state index contributed by atoms with van der Waals surface area (Å²) >= 11 is 0. The molecule has 0 saturated heterocycles. The van der Waals surface area contributed by atoms with Crippen molar-refractivity contribution in [3.8, 4) is 0 Å². The zero-order valence-corrected chi connectivity index (χ0v) is 19.0. The van der Waals surface area contributed by atoms with Gasteiger partial charge in [0.25, 0.3) is 5.56 Å². The molecule has 34 heavy (non-hydrogen) atoms. The number of amides is 1. The van der Waals surface area contributed by atoms with Gasteiger partial charge < -0.3 is 9.72 Å². The maximum Gasteiger partial charge on any atom is 0.276 e. The third-order valence-corrected chi connectivity index (χ3v) is 7.12. The molecule has 0 bridgehead atoms. The van der Waals surface area contributed by atoms with Crippen LogP contribution in [0.15, 0.2) is 89.9 Å². The fourth-order valence-corrected chi connectivity index (χ4v) is 5.50. The normalized spacial score (nSPS) is 15.6. The van der Waals surface area contributed by atoms with E-state index in [1.165, 1.54) is 6.42 Å². The van der Waals surface area contributed by atoms with E-state index in [1.54, 1.807) is 4.57 Å². The maximum absolute atomic E-state index is 14.2. The van der Waals surface area contributed by atoms with Gasteiger partial charge in [0.05, 0.1) is 11.0 Å². The summed E-state index contributed by atoms with van der Waals surface area (Å²) in [5.74, 6) is -0.120. The second-order valence-corrected chi connectivity index (χ2v) is 9.26. The van der Waals surface area contributed by atoms with Gasteiger partial charge in [0.2, 0.25) is 5.91 Å². The summed E-state index contributed by atoms with van der Waals surface area (Å²) in [6.07, 6.45) is 7.48. The van der Waals surface area contributed by atoms with Crippen LogP contribution in [-0.4, -0.2) is 20.9 Å². The van der Waals surface area contributed by atoms with Crippen LogP contribution in [0, 0.1) is 0 Å². The Labute approximate surface area is 197 Å². The molecule has 0 aliphatic heterocycles. The molecule has 5 aromatic rings. The van der Waals surface area contributed by atoms with Crippen molar-refractivity contribution in [1.82, 2.24) is 14.3 Å². The van der Waals surface area contributed by atoms with Crippen LogP contribution in [0.4, 0.5) is 0 Å². The van der Waals surface area contributed by atoms with Crippen molar-refractivity contribution in [3.05, 3.63) is 101 Å². The zero-order valence-electron chi connectivity index (χ0n) is 19.0. The summed E-state index contributed by atoms with van der Waals surface area (Å²) in [7, 11) is 0. The van der Waals surface area contributed by atoms with Gasteiger partial charge in [-0.05, 0) is 30.5 Å². The van der Waals surface area contributed by atoms with Crippen molar-refractivity contribution < 1.29 is 4.79 Å². The summed E-state index contributed by atoms with van der Waals surface area (Å²) in [4.78, 5) is 28.1. The Morgan fingerprint density at radius 3 is 2.29 bits per heavy atom. The van der Waals surface area contributed by atoms with E-state index in [0.717, 1.165) is 53.1 Å². The largest absolute Gasteiger partial charge is 0.351 e. The number of nitrogens with one attached hydrogen (secondary N) is 1. The van der Waals surface area contributed by atoms with E-state index in [4.69, 9.17) is 0 Å². The second kappa shape index (κ2) is 8.49. The van der Waals surface area contributed by atoms with Gasteiger partial charge in [0, 0.05) is 23.0 Å². The standard InChI is InChI=1S/C29H27N3O2/c33-28(30-22-14-5-2-6-15-22)26(20-11-3-1-4-12-20)32-25-18-10-9-17-24(25)31-19-21-13-7-8-16-23(21)27(31)29(32)34/h1,3-4,7-13,16-19,22,26H,2,5-6,14-15H2,(H,30,33). The molecule has 6 rings (SSSR count). The lowest BCUT2D eigenvalue weighted by Crippen LogP contribution is -2.43. The topological polar surface area (TPSA) is 55.5 Å². The van der Waals surface area contributed by atoms with E-state index < -0.39 is 6.04 Å². The van der Waals surface area contributed by atoms with Crippen LogP contribution < -0.4 is 10.9 Å². The van der Waals surface area contributed by atoms with Crippen LogP contribution in [0.5, 0.6) is 0 Å². The summed E-state index contributed by atoms with van der Waals surface area (Å²) in [6, 6.07) is 24.8. The minimum Gasteiger partial charge on any atom is -0.351 e. The molecule has 2 heterocycles. The molecule has 3 aromatic carbocycles. The molecule has 1 unspecified atom stereocenters. The predicted octanol–water partition coefficient (Wildman–Crippen LogP) is 5.45. The van der Waals surface area contributed by atoms with Crippen molar-refractivity contribution in [2.24, 2.45) is 0 Å². The number of hydrogen-bond donors (Lipinski definition) is 1. The van der Waals surface area contributed by atoms with Gasteiger partial charge >= 0.3 is 0 Å². The number of rotatable bonds is 4. The van der Waals surface area contributed by atoms with Gasteiger partial charge in [-0.1, -0.05) is 86.0 Å². The van der Waals surface area contributed by atoms with Crippen LogP contribution in [0.1, 0.15) is 43.7 Å². The molecule has 1 fully saturated rings. The smallest absolute Gasteiger partial charge is 0.276 e. The lowest BCUT2D eigenvalue weighted by atomic mass is 9.95. The van der Waals surface area contributed by atoms with Crippen molar-refractivity contribution in [2.45, 2.75) is 44.2 Å². The lowest BCUT2D eigenvalue weighted by molar-refractivity contribution is -0.124. The first kappa shape index (κ1) is 20.7. The van der Waals surface area contributed by atoms with Crippen LogP contribution in [0.3, 0.4) is 0 Å². The molecule has 1 saturated carbocycles. The predicted molar refractivity (Wildman–Crippen MR) is 136 cm³/mol. The molecule has 1 N–H and O–H groups in total. The Morgan fingerprint density at radius 1 is 0.824 bits per heavy atom. The first-order chi connectivity index (χ1) is 16.7. The highest BCUT2D eigenvalue weighted by molar-refractivity contribution is 6.00. The molecule has 1 aliphatic rings. The number of carbonyl (C=O) groups excluding carboxylic acids is 1. The van der Waals surface area contributed by atoms with Gasteiger partial charge in [0.15, 0.2) is 0 Å². The Kier molecular flexibility index (Phi) is 5.17. The van der Waals surface area contributed by atoms with Crippen LogP contribution >= 0.6 is 0 Å². The average molecular weight is 450 g/mol. The monoisotopic (exact) mass is 449 g/mol. The van der Waals surface area contributed by atoms with E-state index in [1.807, 2.05) is 89.5 Å². The first-order valence-corrected chi connectivity index (χ1v) is 12.1. The van der Waals surface area contributed by atoms with E-state index in [2.05, 4.69) is 5.32 Å². The minimum atomic E-state index is -0.751. The highest BCUT2D eigenvalue weighted by atomic mass is 16.2. The first-order valence-electron chi connectivity index (χ1n) is 12.1. The van der Waals surface area contributed by atoms with E-state index in [0.29, 0.717) is 5.52 Å². The molecular weight excluding hydrogens is 422 g/mol. The molecule has 1 aliphatic carbocycles. The number of hydrogen-bond acceptors (Lipinski definition) is 2. The number of carbonyl (C=O) groups is 1. The number of benzene rings is 3. The van der Waals surface area contributed by atoms with Crippen molar-refractivity contribution in [1.29, 1.82) is 0 Å². The second-order valence-electron chi connectivity index (χ2n) is 9.26. The molecule has 0 spiro atoms. The molecule has 5 heteroatoms. The molecule has 1 atom stereocenters. The molecule has 0 radical (unpaired) electrons. The minimum absolute atomic E-state index is 0.120. The maximum atomic E-state index is 14.2. The van der Waals surface area contributed by atoms with Crippen molar-refractivity contribution >= 4 is 33.2 Å². The highest BCUT2D eigenvalue weighted by Gasteiger charge is 2.29. The van der Waals surface area contributed by atoms with Crippen LogP contribution in [-0.2, 0) is 4.79 Å². The summed E-state index contributed by atoms with van der Waals surface area (Å²) < 4.78 is 3.67. The zero-order chi connectivity index (χ0) is 23.1.